The van der Waals surface area contributed by atoms with Crippen LogP contribution in [0.15, 0.2) is 16.8 Å². The summed E-state index contributed by atoms with van der Waals surface area (Å²) in [5, 5.41) is 16.4. The Morgan fingerprint density at radius 1 is 1.46 bits per heavy atom. The van der Waals surface area contributed by atoms with E-state index in [-0.39, 0.29) is 18.6 Å². The number of aliphatic carboxylic acids is 1. The van der Waals surface area contributed by atoms with Crippen molar-refractivity contribution in [3.05, 3.63) is 22.4 Å². The van der Waals surface area contributed by atoms with Crippen molar-refractivity contribution in [2.45, 2.75) is 33.2 Å². The Kier molecular flexibility index (Phi) is 6.23. The lowest BCUT2D eigenvalue weighted by Crippen LogP contribution is -2.44. The van der Waals surface area contributed by atoms with Crippen molar-refractivity contribution in [3.8, 4) is 0 Å². The zero-order valence-electron chi connectivity index (χ0n) is 14.6. The van der Waals surface area contributed by atoms with E-state index in [2.05, 4.69) is 35.5 Å². The van der Waals surface area contributed by atoms with Gasteiger partial charge in [-0.2, -0.15) is 11.3 Å². The monoisotopic (exact) mass is 353 g/mol. The minimum absolute atomic E-state index is 0.142. The average Bonchev–Trinajstić information content (AvgIpc) is 3.21. The second-order valence-electron chi connectivity index (χ2n) is 6.52. The quantitative estimate of drug-likeness (QED) is 0.790. The van der Waals surface area contributed by atoms with Crippen molar-refractivity contribution in [1.82, 2.24) is 15.1 Å². The first-order valence-corrected chi connectivity index (χ1v) is 9.38. The molecule has 1 aliphatic rings. The molecule has 1 aromatic rings. The second-order valence-corrected chi connectivity index (χ2v) is 7.30. The number of carbonyl (C=O) groups is 2. The zero-order valence-corrected chi connectivity index (χ0v) is 15.4. The van der Waals surface area contributed by atoms with Crippen molar-refractivity contribution in [1.29, 1.82) is 0 Å². The second kappa shape index (κ2) is 7.98. The van der Waals surface area contributed by atoms with Gasteiger partial charge in [-0.3, -0.25) is 9.69 Å². The molecule has 0 radical (unpaired) electrons. The maximum atomic E-state index is 12.4. The van der Waals surface area contributed by atoms with Crippen molar-refractivity contribution >= 4 is 23.3 Å². The fraction of sp³-hybridized carbons (Fsp3) is 0.647. The van der Waals surface area contributed by atoms with Crippen LogP contribution in [0.4, 0.5) is 4.79 Å². The van der Waals surface area contributed by atoms with Crippen LogP contribution in [0.1, 0.15) is 38.8 Å². The van der Waals surface area contributed by atoms with E-state index in [0.717, 1.165) is 13.1 Å². The minimum atomic E-state index is -0.836. The molecule has 2 unspecified atom stereocenters. The predicted molar refractivity (Wildman–Crippen MR) is 95.3 cm³/mol. The van der Waals surface area contributed by atoms with Crippen LogP contribution in [0.5, 0.6) is 0 Å². The molecule has 1 fully saturated rings. The van der Waals surface area contributed by atoms with Gasteiger partial charge in [-0.05, 0) is 48.8 Å². The summed E-state index contributed by atoms with van der Waals surface area (Å²) in [6, 6.07) is 2.06. The van der Waals surface area contributed by atoms with E-state index in [0.29, 0.717) is 19.5 Å². The molecule has 2 rings (SSSR count). The van der Waals surface area contributed by atoms with Gasteiger partial charge >= 0.3 is 12.0 Å². The standard InChI is InChI=1S/C17H27N3O3S/c1-4-19(5-2)14(13-6-9-24-11-13)10-18-16(23)20-8-7-17(3,12-20)15(21)22/h6,9,11,14H,4-5,7-8,10,12H2,1-3H3,(H,18,23)(H,21,22). The summed E-state index contributed by atoms with van der Waals surface area (Å²) in [7, 11) is 0. The van der Waals surface area contributed by atoms with Crippen LogP contribution in [0.3, 0.4) is 0 Å². The van der Waals surface area contributed by atoms with Crippen LogP contribution in [0.25, 0.3) is 0 Å². The largest absolute Gasteiger partial charge is 0.481 e. The SMILES string of the molecule is CCN(CC)C(CNC(=O)N1CCC(C)(C(=O)O)C1)c1ccsc1. The van der Waals surface area contributed by atoms with Gasteiger partial charge in [-0.15, -0.1) is 0 Å². The van der Waals surface area contributed by atoms with Gasteiger partial charge in [-0.25, -0.2) is 4.79 Å². The minimum Gasteiger partial charge on any atom is -0.481 e. The maximum absolute atomic E-state index is 12.4. The van der Waals surface area contributed by atoms with E-state index < -0.39 is 11.4 Å². The molecule has 2 N–H and O–H groups in total. The molecule has 24 heavy (non-hydrogen) atoms. The van der Waals surface area contributed by atoms with Gasteiger partial charge in [0.25, 0.3) is 0 Å². The van der Waals surface area contributed by atoms with E-state index >= 15 is 0 Å². The molecular formula is C17H27N3O3S. The number of carboxylic acids is 1. The average molecular weight is 353 g/mol. The van der Waals surface area contributed by atoms with Crippen LogP contribution < -0.4 is 5.32 Å². The Labute approximate surface area is 147 Å². The molecule has 1 saturated heterocycles. The number of nitrogens with zero attached hydrogens (tertiary/aromatic N) is 2. The summed E-state index contributed by atoms with van der Waals surface area (Å²) in [4.78, 5) is 27.7. The smallest absolute Gasteiger partial charge is 0.317 e. The first-order chi connectivity index (χ1) is 11.4. The van der Waals surface area contributed by atoms with E-state index in [1.807, 2.05) is 5.38 Å². The topological polar surface area (TPSA) is 72.9 Å². The Morgan fingerprint density at radius 3 is 2.67 bits per heavy atom. The number of rotatable bonds is 7. The van der Waals surface area contributed by atoms with Crippen LogP contribution in [0.2, 0.25) is 0 Å². The molecule has 0 bridgehead atoms. The highest BCUT2D eigenvalue weighted by molar-refractivity contribution is 7.07. The zero-order chi connectivity index (χ0) is 17.7. The molecule has 0 spiro atoms. The fourth-order valence-corrected chi connectivity index (χ4v) is 3.90. The van der Waals surface area contributed by atoms with Crippen molar-refractivity contribution in [2.24, 2.45) is 5.41 Å². The molecule has 7 heteroatoms. The summed E-state index contributed by atoms with van der Waals surface area (Å²) in [5.41, 5.74) is 0.379. The van der Waals surface area contributed by atoms with E-state index in [1.54, 1.807) is 23.2 Å². The molecule has 2 heterocycles. The molecule has 1 aliphatic heterocycles. The number of amides is 2. The molecule has 0 aromatic carbocycles. The van der Waals surface area contributed by atoms with Gasteiger partial charge in [0.1, 0.15) is 0 Å². The fourth-order valence-electron chi connectivity index (χ4n) is 3.19. The predicted octanol–water partition coefficient (Wildman–Crippen LogP) is 2.64. The molecule has 1 aromatic heterocycles. The van der Waals surface area contributed by atoms with Crippen molar-refractivity contribution < 1.29 is 14.7 Å². The van der Waals surface area contributed by atoms with E-state index in [1.165, 1.54) is 5.56 Å². The molecule has 2 atom stereocenters. The lowest BCUT2D eigenvalue weighted by Gasteiger charge is -2.30. The van der Waals surface area contributed by atoms with Gasteiger partial charge in [0.15, 0.2) is 0 Å². The third-order valence-corrected chi connectivity index (χ3v) is 5.61. The number of likely N-dealkylation sites (tertiary alicyclic amines) is 1. The number of carboxylic acid groups (broad SMARTS) is 1. The van der Waals surface area contributed by atoms with Crippen molar-refractivity contribution in [2.75, 3.05) is 32.7 Å². The first-order valence-electron chi connectivity index (χ1n) is 8.43. The van der Waals surface area contributed by atoms with Crippen LogP contribution in [-0.4, -0.2) is 59.6 Å². The van der Waals surface area contributed by atoms with Crippen molar-refractivity contribution in [3.63, 3.8) is 0 Å². The molecule has 134 valence electrons. The van der Waals surface area contributed by atoms with Crippen LogP contribution in [0, 0.1) is 5.41 Å². The third-order valence-electron chi connectivity index (χ3n) is 4.90. The van der Waals surface area contributed by atoms with Crippen LogP contribution in [-0.2, 0) is 4.79 Å². The number of nitrogens with one attached hydrogen (secondary N) is 1. The van der Waals surface area contributed by atoms with E-state index in [9.17, 15) is 14.7 Å². The molecule has 0 saturated carbocycles. The number of urea groups is 1. The Bertz CT molecular complexity index is 559. The lowest BCUT2D eigenvalue weighted by molar-refractivity contribution is -0.147. The summed E-state index contributed by atoms with van der Waals surface area (Å²) < 4.78 is 0. The lowest BCUT2D eigenvalue weighted by atomic mass is 9.90. The maximum Gasteiger partial charge on any atom is 0.317 e. The normalized spacial score (nSPS) is 21.9. The molecular weight excluding hydrogens is 326 g/mol. The summed E-state index contributed by atoms with van der Waals surface area (Å²) in [6.45, 7) is 9.03. The number of likely N-dealkylation sites (N-methyl/N-ethyl adjacent to an activating group) is 1. The van der Waals surface area contributed by atoms with E-state index in [4.69, 9.17) is 0 Å². The highest BCUT2D eigenvalue weighted by atomic mass is 32.1. The summed E-state index contributed by atoms with van der Waals surface area (Å²) in [5.74, 6) is -0.836. The molecule has 2 amide bonds. The summed E-state index contributed by atoms with van der Waals surface area (Å²) in [6.07, 6.45) is 0.500. The molecule has 6 nitrogen and oxygen atoms in total. The van der Waals surface area contributed by atoms with Gasteiger partial charge in [-0.1, -0.05) is 13.8 Å². The van der Waals surface area contributed by atoms with Gasteiger partial charge in [0.05, 0.1) is 11.5 Å². The van der Waals surface area contributed by atoms with Gasteiger partial charge < -0.3 is 15.3 Å². The van der Waals surface area contributed by atoms with Crippen LogP contribution >= 0.6 is 11.3 Å². The number of hydrogen-bond donors (Lipinski definition) is 2. The number of carbonyl (C=O) groups excluding carboxylic acids is 1. The number of hydrogen-bond acceptors (Lipinski definition) is 4. The summed E-state index contributed by atoms with van der Waals surface area (Å²) >= 11 is 1.65. The highest BCUT2D eigenvalue weighted by Gasteiger charge is 2.42. The Morgan fingerprint density at radius 2 is 2.17 bits per heavy atom. The Balaban J connectivity index is 1.97. The number of thiophene rings is 1. The third kappa shape index (κ3) is 4.08. The van der Waals surface area contributed by atoms with Gasteiger partial charge in [0.2, 0.25) is 0 Å². The van der Waals surface area contributed by atoms with Gasteiger partial charge in [0, 0.05) is 19.6 Å². The first kappa shape index (κ1) is 18.7. The highest BCUT2D eigenvalue weighted by Crippen LogP contribution is 2.30. The Hall–Kier alpha value is -1.60. The molecule has 0 aliphatic carbocycles.